The normalized spacial score (nSPS) is 21.5. The van der Waals surface area contributed by atoms with Gasteiger partial charge >= 0.3 is 0 Å². The molecule has 31 heavy (non-hydrogen) atoms. The minimum absolute atomic E-state index is 0.0375. The zero-order valence-electron chi connectivity index (χ0n) is 21.1. The van der Waals surface area contributed by atoms with E-state index in [0.29, 0.717) is 6.17 Å². The number of hydrogen-bond acceptors (Lipinski definition) is 2. The monoisotopic (exact) mass is 434 g/mol. The number of carbonyl (C=O) groups is 1. The first-order valence-electron chi connectivity index (χ1n) is 13.3. The number of nitrogens with one attached hydrogen (secondary N) is 2. The second-order valence-corrected chi connectivity index (χ2v) is 9.42. The van der Waals surface area contributed by atoms with Crippen molar-refractivity contribution in [2.45, 2.75) is 136 Å². The van der Waals surface area contributed by atoms with Gasteiger partial charge in [0.2, 0.25) is 5.91 Å². The number of rotatable bonds is 19. The van der Waals surface area contributed by atoms with Crippen molar-refractivity contribution in [3.05, 3.63) is 24.6 Å². The van der Waals surface area contributed by atoms with Crippen LogP contribution in [0.5, 0.6) is 0 Å². The molecule has 4 heteroatoms. The van der Waals surface area contributed by atoms with Crippen molar-refractivity contribution in [2.75, 3.05) is 6.54 Å². The average Bonchev–Trinajstić information content (AvgIpc) is 3.17. The van der Waals surface area contributed by atoms with Gasteiger partial charge in [0.15, 0.2) is 12.3 Å². The van der Waals surface area contributed by atoms with Gasteiger partial charge in [-0.1, -0.05) is 96.1 Å². The molecule has 1 aliphatic heterocycles. The van der Waals surface area contributed by atoms with E-state index < -0.39 is 0 Å². The minimum atomic E-state index is 0.0375. The van der Waals surface area contributed by atoms with Crippen LogP contribution in [0, 0.1) is 0 Å². The van der Waals surface area contributed by atoms with Gasteiger partial charge in [-0.2, -0.15) is 0 Å². The lowest BCUT2D eigenvalue weighted by molar-refractivity contribution is -0.923. The molecular formula is C27H52N3O+. The van der Waals surface area contributed by atoms with Crippen LogP contribution < -0.4 is 10.6 Å². The van der Waals surface area contributed by atoms with Crippen LogP contribution in [0.1, 0.15) is 124 Å². The van der Waals surface area contributed by atoms with Crippen molar-refractivity contribution >= 4 is 5.91 Å². The van der Waals surface area contributed by atoms with Gasteiger partial charge in [0.25, 0.3) is 0 Å². The summed E-state index contributed by atoms with van der Waals surface area (Å²) in [7, 11) is 0. The van der Waals surface area contributed by atoms with Crippen molar-refractivity contribution in [1.82, 2.24) is 10.6 Å². The highest BCUT2D eigenvalue weighted by Crippen LogP contribution is 2.24. The lowest BCUT2D eigenvalue weighted by atomic mass is 10.0. The number of carbonyl (C=O) groups excluding carboxylic acids is 1. The maximum absolute atomic E-state index is 11.5. The molecule has 2 N–H and O–H groups in total. The van der Waals surface area contributed by atoms with Crippen molar-refractivity contribution in [3.8, 4) is 0 Å². The maximum atomic E-state index is 11.5. The smallest absolute Gasteiger partial charge is 0.221 e. The van der Waals surface area contributed by atoms with E-state index in [1.54, 1.807) is 6.92 Å². The summed E-state index contributed by atoms with van der Waals surface area (Å²) >= 11 is 0. The van der Waals surface area contributed by atoms with Crippen LogP contribution in [-0.2, 0) is 4.79 Å². The molecule has 0 radical (unpaired) electrons. The molecule has 0 aliphatic carbocycles. The first kappa shape index (κ1) is 27.7. The summed E-state index contributed by atoms with van der Waals surface area (Å²) < 4.78 is 0.767. The fourth-order valence-corrected chi connectivity index (χ4v) is 4.84. The first-order chi connectivity index (χ1) is 15.1. The molecule has 180 valence electrons. The largest absolute Gasteiger partial charge is 0.337 e. The van der Waals surface area contributed by atoms with E-state index in [0.717, 1.165) is 17.4 Å². The third kappa shape index (κ3) is 11.2. The third-order valence-corrected chi connectivity index (χ3v) is 6.90. The Hall–Kier alpha value is -1.29. The van der Waals surface area contributed by atoms with Crippen LogP contribution in [0.2, 0.25) is 0 Å². The number of nitrogens with zero attached hydrogens (tertiary/aromatic N) is 1. The molecule has 0 aromatic rings. The van der Waals surface area contributed by atoms with E-state index in [1.165, 1.54) is 89.9 Å². The summed E-state index contributed by atoms with van der Waals surface area (Å²) in [6.07, 6.45) is 29.8. The average molecular weight is 435 g/mol. The minimum Gasteiger partial charge on any atom is -0.337 e. The van der Waals surface area contributed by atoms with Crippen molar-refractivity contribution in [1.29, 1.82) is 0 Å². The predicted octanol–water partition coefficient (Wildman–Crippen LogP) is 7.13. The quantitative estimate of drug-likeness (QED) is 0.129. The van der Waals surface area contributed by atoms with E-state index in [4.69, 9.17) is 0 Å². The number of hydrogen-bond donors (Lipinski definition) is 2. The fraction of sp³-hybridized carbons (Fsp3) is 0.815. The van der Waals surface area contributed by atoms with E-state index in [9.17, 15) is 4.79 Å². The molecule has 1 rings (SSSR count). The van der Waals surface area contributed by atoms with Crippen LogP contribution in [-0.4, -0.2) is 29.3 Å². The molecule has 0 aromatic heterocycles. The van der Waals surface area contributed by atoms with Gasteiger partial charge in [0, 0.05) is 20.3 Å². The Kier molecular flexibility index (Phi) is 15.5. The SMILES string of the molecule is CCCCCCCCCCCCCCC/C=C/CC1NC=C[N+]1(CC)C(C)NC(C)=O. The summed E-state index contributed by atoms with van der Waals surface area (Å²) in [5, 5.41) is 6.57. The van der Waals surface area contributed by atoms with E-state index in [-0.39, 0.29) is 12.1 Å². The van der Waals surface area contributed by atoms with E-state index in [1.807, 2.05) is 6.20 Å². The molecule has 1 heterocycles. The number of allylic oxidation sites excluding steroid dienone is 1. The Bertz CT molecular complexity index is 517. The molecule has 1 amide bonds. The molecule has 3 unspecified atom stereocenters. The second kappa shape index (κ2) is 17.3. The molecular weight excluding hydrogens is 382 g/mol. The van der Waals surface area contributed by atoms with Gasteiger partial charge in [-0.25, -0.2) is 0 Å². The molecule has 1 aliphatic rings. The number of amides is 1. The Morgan fingerprint density at radius 2 is 1.48 bits per heavy atom. The van der Waals surface area contributed by atoms with Gasteiger partial charge in [-0.15, -0.1) is 0 Å². The highest BCUT2D eigenvalue weighted by molar-refractivity contribution is 5.72. The summed E-state index contributed by atoms with van der Waals surface area (Å²) in [4.78, 5) is 11.5. The molecule has 0 spiro atoms. The van der Waals surface area contributed by atoms with Gasteiger partial charge in [-0.3, -0.25) is 9.28 Å². The second-order valence-electron chi connectivity index (χ2n) is 9.42. The Morgan fingerprint density at radius 1 is 0.935 bits per heavy atom. The first-order valence-corrected chi connectivity index (χ1v) is 13.3. The van der Waals surface area contributed by atoms with Crippen molar-refractivity contribution in [2.24, 2.45) is 0 Å². The standard InChI is InChI=1S/C27H51N3O/c1-5-7-8-9-10-11-12-13-14-15-16-17-18-19-20-21-22-27-28-23-24-30(27,6-2)25(3)29-26(4)31/h20-21,23-25,27-28H,5-19,22H2,1-4H3/p+1/b21-20+. The van der Waals surface area contributed by atoms with Gasteiger partial charge in [0.05, 0.1) is 12.7 Å². The summed E-state index contributed by atoms with van der Waals surface area (Å²) in [5.41, 5.74) is 0. The molecule has 4 nitrogen and oxygen atoms in total. The topological polar surface area (TPSA) is 41.1 Å². The Morgan fingerprint density at radius 3 is 2.00 bits per heavy atom. The number of quaternary nitrogens is 1. The highest BCUT2D eigenvalue weighted by atomic mass is 16.1. The van der Waals surface area contributed by atoms with E-state index >= 15 is 0 Å². The Balaban J connectivity index is 2.05. The van der Waals surface area contributed by atoms with Gasteiger partial charge < -0.3 is 10.6 Å². The third-order valence-electron chi connectivity index (χ3n) is 6.90. The summed E-state index contributed by atoms with van der Waals surface area (Å²) in [5.74, 6) is 0.0375. The van der Waals surface area contributed by atoms with Crippen LogP contribution in [0.4, 0.5) is 0 Å². The molecule has 0 saturated carbocycles. The molecule has 0 bridgehead atoms. The predicted molar refractivity (Wildman–Crippen MR) is 134 cm³/mol. The van der Waals surface area contributed by atoms with Gasteiger partial charge in [0.1, 0.15) is 6.20 Å². The number of unbranched alkanes of at least 4 members (excludes halogenated alkanes) is 13. The van der Waals surface area contributed by atoms with Crippen LogP contribution in [0.25, 0.3) is 0 Å². The maximum Gasteiger partial charge on any atom is 0.221 e. The fourth-order valence-electron chi connectivity index (χ4n) is 4.84. The summed E-state index contributed by atoms with van der Waals surface area (Å²) in [6.45, 7) is 9.14. The summed E-state index contributed by atoms with van der Waals surface area (Å²) in [6, 6.07) is 0. The lowest BCUT2D eigenvalue weighted by Crippen LogP contribution is -2.62. The zero-order valence-corrected chi connectivity index (χ0v) is 21.1. The van der Waals surface area contributed by atoms with Crippen LogP contribution in [0.3, 0.4) is 0 Å². The Labute approximate surface area is 193 Å². The van der Waals surface area contributed by atoms with Crippen molar-refractivity contribution in [3.63, 3.8) is 0 Å². The van der Waals surface area contributed by atoms with Gasteiger partial charge in [-0.05, 0) is 19.8 Å². The van der Waals surface area contributed by atoms with Crippen LogP contribution >= 0.6 is 0 Å². The lowest BCUT2D eigenvalue weighted by Gasteiger charge is -2.41. The van der Waals surface area contributed by atoms with Crippen molar-refractivity contribution < 1.29 is 9.28 Å². The molecule has 3 atom stereocenters. The zero-order chi connectivity index (χ0) is 22.8. The van der Waals surface area contributed by atoms with Crippen LogP contribution in [0.15, 0.2) is 24.6 Å². The molecule has 0 fully saturated rings. The molecule has 0 aromatic carbocycles. The molecule has 0 saturated heterocycles. The highest BCUT2D eigenvalue weighted by Gasteiger charge is 2.41. The van der Waals surface area contributed by atoms with E-state index in [2.05, 4.69) is 49.8 Å².